The zero-order valence-electron chi connectivity index (χ0n) is 22.8. The third kappa shape index (κ3) is 6.14. The van der Waals surface area contributed by atoms with Crippen LogP contribution in [0.3, 0.4) is 0 Å². The summed E-state index contributed by atoms with van der Waals surface area (Å²) in [7, 11) is 0. The van der Waals surface area contributed by atoms with Crippen molar-refractivity contribution in [2.24, 2.45) is 0 Å². The van der Waals surface area contributed by atoms with Crippen molar-refractivity contribution in [3.8, 4) is 6.07 Å². The molecular formula is C28H36ClN9O2. The van der Waals surface area contributed by atoms with Gasteiger partial charge in [-0.3, -0.25) is 19.4 Å². The first kappa shape index (κ1) is 28.1. The van der Waals surface area contributed by atoms with E-state index in [0.717, 1.165) is 58.5 Å². The molecule has 2 amide bonds. The van der Waals surface area contributed by atoms with Gasteiger partial charge >= 0.3 is 0 Å². The maximum atomic E-state index is 12.7. The third-order valence-electron chi connectivity index (χ3n) is 8.25. The Morgan fingerprint density at radius 1 is 1.18 bits per heavy atom. The Labute approximate surface area is 239 Å². The molecule has 12 heteroatoms. The lowest BCUT2D eigenvalue weighted by molar-refractivity contribution is -0.120. The average molecular weight is 566 g/mol. The first-order valence-corrected chi connectivity index (χ1v) is 14.4. The molecule has 4 heterocycles. The van der Waals surface area contributed by atoms with E-state index in [4.69, 9.17) is 22.6 Å². The van der Waals surface area contributed by atoms with Gasteiger partial charge < -0.3 is 21.3 Å². The van der Waals surface area contributed by atoms with Crippen LogP contribution in [-0.2, 0) is 11.3 Å². The van der Waals surface area contributed by atoms with E-state index < -0.39 is 11.9 Å². The Hall–Kier alpha value is -3.46. The minimum Gasteiger partial charge on any atom is -0.382 e. The minimum atomic E-state index is -0.603. The molecule has 4 N–H and O–H groups in total. The Morgan fingerprint density at radius 2 is 1.93 bits per heavy atom. The minimum absolute atomic E-state index is 0.000388. The number of hydrogen-bond acceptors (Lipinski definition) is 9. The van der Waals surface area contributed by atoms with Crippen molar-refractivity contribution in [1.82, 2.24) is 30.4 Å². The fourth-order valence-corrected chi connectivity index (χ4v) is 6.25. The number of nitrogens with zero attached hydrogens (tertiary/aromatic N) is 6. The van der Waals surface area contributed by atoms with Crippen LogP contribution in [0.15, 0.2) is 24.3 Å². The summed E-state index contributed by atoms with van der Waals surface area (Å²) in [4.78, 5) is 40.5. The monoisotopic (exact) mass is 565 g/mol. The highest BCUT2D eigenvalue weighted by atomic mass is 35.5. The van der Waals surface area contributed by atoms with Gasteiger partial charge in [0.15, 0.2) is 22.5 Å². The lowest BCUT2D eigenvalue weighted by Gasteiger charge is -2.47. The molecule has 2 atom stereocenters. The topological polar surface area (TPSA) is 144 Å². The molecule has 1 aromatic carbocycles. The second-order valence-electron chi connectivity index (χ2n) is 10.7. The van der Waals surface area contributed by atoms with E-state index >= 15 is 0 Å². The molecule has 0 bridgehead atoms. The van der Waals surface area contributed by atoms with Crippen LogP contribution in [0.1, 0.15) is 54.2 Å². The van der Waals surface area contributed by atoms with Crippen molar-refractivity contribution in [3.63, 3.8) is 0 Å². The lowest BCUT2D eigenvalue weighted by atomic mass is 9.97. The lowest BCUT2D eigenvalue weighted by Crippen LogP contribution is -2.58. The molecule has 0 saturated carbocycles. The molecule has 0 spiro atoms. The third-order valence-corrected chi connectivity index (χ3v) is 8.50. The molecule has 2 aromatic rings. The number of anilines is 2. The summed E-state index contributed by atoms with van der Waals surface area (Å²) in [5, 5.41) is 14.5. The standard InChI is InChI=1S/C28H36ClN9O2/c1-2-20-17-37(26-24(29)34-23(25(31)35-26)28(40)33-22-7-10-32-27(22)39)13-14-38(20)21-8-11-36(12-9-21)16-19-5-3-18(15-30)4-6-19/h3-6,20-22H,2,7-14,16-17H2,1H3,(H2,31,35)(H,32,39)(H,33,40)/t20-,22+/m0/s1. The molecule has 0 unspecified atom stereocenters. The van der Waals surface area contributed by atoms with E-state index in [1.54, 1.807) is 0 Å². The molecule has 1 aromatic heterocycles. The van der Waals surface area contributed by atoms with Gasteiger partial charge in [0.2, 0.25) is 5.91 Å². The van der Waals surface area contributed by atoms with Gasteiger partial charge in [0.05, 0.1) is 11.6 Å². The Balaban J connectivity index is 1.18. The zero-order valence-corrected chi connectivity index (χ0v) is 23.5. The van der Waals surface area contributed by atoms with Gasteiger partial charge in [-0.1, -0.05) is 30.7 Å². The maximum Gasteiger partial charge on any atom is 0.274 e. The molecule has 212 valence electrons. The van der Waals surface area contributed by atoms with Crippen LogP contribution in [0.2, 0.25) is 5.15 Å². The van der Waals surface area contributed by atoms with E-state index in [0.29, 0.717) is 36.4 Å². The highest BCUT2D eigenvalue weighted by Gasteiger charge is 2.35. The van der Waals surface area contributed by atoms with Gasteiger partial charge in [-0.25, -0.2) is 9.97 Å². The van der Waals surface area contributed by atoms with Gasteiger partial charge in [-0.2, -0.15) is 5.26 Å². The predicted octanol–water partition coefficient (Wildman–Crippen LogP) is 1.77. The molecule has 11 nitrogen and oxygen atoms in total. The Kier molecular flexibility index (Phi) is 8.69. The summed E-state index contributed by atoms with van der Waals surface area (Å²) in [5.74, 6) is -0.282. The van der Waals surface area contributed by atoms with E-state index in [-0.39, 0.29) is 22.6 Å². The highest BCUT2D eigenvalue weighted by Crippen LogP contribution is 2.30. The highest BCUT2D eigenvalue weighted by molar-refractivity contribution is 6.32. The normalized spacial score (nSPS) is 22.6. The van der Waals surface area contributed by atoms with Crippen LogP contribution >= 0.6 is 11.6 Å². The summed E-state index contributed by atoms with van der Waals surface area (Å²) >= 11 is 6.53. The van der Waals surface area contributed by atoms with E-state index in [1.165, 1.54) is 5.56 Å². The van der Waals surface area contributed by atoms with E-state index in [9.17, 15) is 9.59 Å². The first-order chi connectivity index (χ1) is 19.4. The van der Waals surface area contributed by atoms with Gasteiger partial charge in [0.25, 0.3) is 5.91 Å². The molecule has 3 saturated heterocycles. The number of nitrogens with one attached hydrogen (secondary N) is 2. The average Bonchev–Trinajstić information content (AvgIpc) is 3.38. The summed E-state index contributed by atoms with van der Waals surface area (Å²) < 4.78 is 0. The number of nitrogen functional groups attached to an aromatic ring is 1. The van der Waals surface area contributed by atoms with Crippen LogP contribution in [0.25, 0.3) is 0 Å². The van der Waals surface area contributed by atoms with Crippen molar-refractivity contribution in [3.05, 3.63) is 46.2 Å². The van der Waals surface area contributed by atoms with Gasteiger partial charge in [-0.15, -0.1) is 0 Å². The summed E-state index contributed by atoms with van der Waals surface area (Å²) in [6.45, 7) is 8.09. The molecule has 5 rings (SSSR count). The van der Waals surface area contributed by atoms with Crippen molar-refractivity contribution < 1.29 is 9.59 Å². The SMILES string of the molecule is CC[C@H]1CN(c2nc(N)c(C(=O)N[C@@H]3CCNC3=O)nc2Cl)CCN1C1CCN(Cc2ccc(C#N)cc2)CC1. The van der Waals surface area contributed by atoms with Crippen LogP contribution in [0, 0.1) is 11.3 Å². The van der Waals surface area contributed by atoms with Crippen LogP contribution in [0.5, 0.6) is 0 Å². The number of nitriles is 1. The van der Waals surface area contributed by atoms with Crippen molar-refractivity contribution in [2.45, 2.75) is 57.3 Å². The molecule has 0 aliphatic carbocycles. The van der Waals surface area contributed by atoms with Crippen LogP contribution in [0.4, 0.5) is 11.6 Å². The van der Waals surface area contributed by atoms with Crippen LogP contribution < -0.4 is 21.3 Å². The van der Waals surface area contributed by atoms with Gasteiger partial charge in [0.1, 0.15) is 6.04 Å². The van der Waals surface area contributed by atoms with Gasteiger partial charge in [0, 0.05) is 44.8 Å². The largest absolute Gasteiger partial charge is 0.382 e. The van der Waals surface area contributed by atoms with Gasteiger partial charge in [-0.05, 0) is 56.5 Å². The van der Waals surface area contributed by atoms with E-state index in [2.05, 4.69) is 48.3 Å². The predicted molar refractivity (Wildman–Crippen MR) is 153 cm³/mol. The number of benzene rings is 1. The number of carbonyl (C=O) groups excluding carboxylic acids is 2. The number of hydrogen-bond donors (Lipinski definition) is 3. The number of amides is 2. The smallest absolute Gasteiger partial charge is 0.274 e. The Morgan fingerprint density at radius 3 is 2.58 bits per heavy atom. The number of halogens is 1. The quantitative estimate of drug-likeness (QED) is 0.457. The van der Waals surface area contributed by atoms with Crippen molar-refractivity contribution in [2.75, 3.05) is 49.9 Å². The summed E-state index contributed by atoms with van der Waals surface area (Å²) in [6.07, 6.45) is 3.74. The molecular weight excluding hydrogens is 530 g/mol. The van der Waals surface area contributed by atoms with E-state index in [1.807, 2.05) is 24.3 Å². The molecule has 3 fully saturated rings. The molecule has 3 aliphatic rings. The number of nitrogens with two attached hydrogens (primary N) is 1. The molecule has 0 radical (unpaired) electrons. The fourth-order valence-electron chi connectivity index (χ4n) is 6.00. The number of aromatic nitrogens is 2. The van der Waals surface area contributed by atoms with Crippen molar-refractivity contribution in [1.29, 1.82) is 5.26 Å². The number of piperidine rings is 1. The number of carbonyl (C=O) groups is 2. The summed E-state index contributed by atoms with van der Waals surface area (Å²) in [5.41, 5.74) is 8.02. The Bertz CT molecular complexity index is 1270. The fraction of sp³-hybridized carbons (Fsp3) is 0.536. The first-order valence-electron chi connectivity index (χ1n) is 14.0. The van der Waals surface area contributed by atoms with Crippen LogP contribution in [-0.4, -0.2) is 89.0 Å². The number of likely N-dealkylation sites (tertiary alicyclic amines) is 1. The maximum absolute atomic E-state index is 12.7. The zero-order chi connectivity index (χ0) is 28.2. The second kappa shape index (κ2) is 12.4. The molecule has 3 aliphatic heterocycles. The second-order valence-corrected chi connectivity index (χ2v) is 11.1. The molecule has 40 heavy (non-hydrogen) atoms. The number of rotatable bonds is 7. The van der Waals surface area contributed by atoms with Crippen molar-refractivity contribution >= 4 is 35.1 Å². The summed E-state index contributed by atoms with van der Waals surface area (Å²) in [6, 6.07) is 10.3. The number of piperazine rings is 1.